The van der Waals surface area contributed by atoms with Crippen LogP contribution in [0.2, 0.25) is 0 Å². The van der Waals surface area contributed by atoms with Crippen molar-refractivity contribution in [2.24, 2.45) is 0 Å². The molecule has 0 amide bonds. The lowest BCUT2D eigenvalue weighted by atomic mass is 10.1. The lowest BCUT2D eigenvalue weighted by Gasteiger charge is -2.16. The van der Waals surface area contributed by atoms with Crippen LogP contribution in [0.5, 0.6) is 5.75 Å². The number of rotatable bonds is 7. The molecule has 0 aromatic heterocycles. The number of hydrogen-bond donors (Lipinski definition) is 1. The van der Waals surface area contributed by atoms with E-state index in [9.17, 15) is 0 Å². The Labute approximate surface area is 105 Å². The number of aryl methyl sites for hydroxylation is 1. The largest absolute Gasteiger partial charge is 0.496 e. The minimum absolute atomic E-state index is 0.970. The molecule has 1 N–H and O–H groups in total. The Morgan fingerprint density at radius 1 is 1.29 bits per heavy atom. The van der Waals surface area contributed by atoms with Gasteiger partial charge in [-0.2, -0.15) is 0 Å². The van der Waals surface area contributed by atoms with Crippen molar-refractivity contribution in [1.82, 2.24) is 10.2 Å². The fraction of sp³-hybridized carbons (Fsp3) is 0.571. The molecule has 0 atom stereocenters. The van der Waals surface area contributed by atoms with E-state index in [1.165, 1.54) is 11.1 Å². The molecule has 0 bridgehead atoms. The van der Waals surface area contributed by atoms with E-state index in [0.29, 0.717) is 0 Å². The van der Waals surface area contributed by atoms with E-state index in [1.54, 1.807) is 7.11 Å². The van der Waals surface area contributed by atoms with E-state index in [2.05, 4.69) is 42.4 Å². The van der Waals surface area contributed by atoms with Crippen molar-refractivity contribution in [2.45, 2.75) is 13.3 Å². The summed E-state index contributed by atoms with van der Waals surface area (Å²) >= 11 is 0. The molecule has 0 radical (unpaired) electrons. The Balaban J connectivity index is 2.44. The Morgan fingerprint density at radius 3 is 2.65 bits per heavy atom. The number of benzene rings is 1. The number of nitrogens with zero attached hydrogens (tertiary/aromatic N) is 1. The van der Waals surface area contributed by atoms with Crippen LogP contribution in [-0.2, 0) is 6.42 Å². The molecule has 0 saturated carbocycles. The smallest absolute Gasteiger partial charge is 0.121 e. The predicted molar refractivity (Wildman–Crippen MR) is 72.9 cm³/mol. The molecule has 0 fully saturated rings. The summed E-state index contributed by atoms with van der Waals surface area (Å²) in [5.74, 6) is 0.970. The first-order valence-corrected chi connectivity index (χ1v) is 6.14. The number of ether oxygens (including phenoxy) is 1. The molecule has 96 valence electrons. The van der Waals surface area contributed by atoms with Crippen LogP contribution in [0.25, 0.3) is 0 Å². The second-order valence-corrected chi connectivity index (χ2v) is 4.46. The highest BCUT2D eigenvalue weighted by Crippen LogP contribution is 2.18. The van der Waals surface area contributed by atoms with Crippen molar-refractivity contribution in [3.05, 3.63) is 29.3 Å². The summed E-state index contributed by atoms with van der Waals surface area (Å²) in [5.41, 5.74) is 2.59. The number of likely N-dealkylation sites (N-methyl/N-ethyl adjacent to an activating group) is 2. The first kappa shape index (κ1) is 14.0. The SMILES string of the molecule is CNCCN(C)CCc1ccc(OC)c(C)c1. The van der Waals surface area contributed by atoms with Crippen molar-refractivity contribution in [2.75, 3.05) is 40.8 Å². The van der Waals surface area contributed by atoms with Crippen molar-refractivity contribution in [1.29, 1.82) is 0 Å². The zero-order valence-electron chi connectivity index (χ0n) is 11.4. The van der Waals surface area contributed by atoms with Crippen LogP contribution in [0, 0.1) is 6.92 Å². The van der Waals surface area contributed by atoms with Gasteiger partial charge in [0, 0.05) is 19.6 Å². The fourth-order valence-electron chi connectivity index (χ4n) is 1.83. The van der Waals surface area contributed by atoms with Gasteiger partial charge in [0.1, 0.15) is 5.75 Å². The van der Waals surface area contributed by atoms with Gasteiger partial charge in [0.05, 0.1) is 7.11 Å². The second-order valence-electron chi connectivity index (χ2n) is 4.46. The first-order valence-electron chi connectivity index (χ1n) is 6.14. The molecule has 1 aromatic carbocycles. The molecule has 3 nitrogen and oxygen atoms in total. The fourth-order valence-corrected chi connectivity index (χ4v) is 1.83. The topological polar surface area (TPSA) is 24.5 Å². The lowest BCUT2D eigenvalue weighted by Crippen LogP contribution is -2.29. The molecular formula is C14H24N2O. The van der Waals surface area contributed by atoms with Crippen molar-refractivity contribution in [3.63, 3.8) is 0 Å². The van der Waals surface area contributed by atoms with E-state index in [1.807, 2.05) is 7.05 Å². The highest BCUT2D eigenvalue weighted by molar-refractivity contribution is 5.36. The maximum absolute atomic E-state index is 5.26. The van der Waals surface area contributed by atoms with Crippen LogP contribution in [0.15, 0.2) is 18.2 Å². The summed E-state index contributed by atoms with van der Waals surface area (Å²) < 4.78 is 5.26. The molecule has 3 heteroatoms. The molecule has 17 heavy (non-hydrogen) atoms. The van der Waals surface area contributed by atoms with Crippen LogP contribution in [0.4, 0.5) is 0 Å². The number of hydrogen-bond acceptors (Lipinski definition) is 3. The zero-order chi connectivity index (χ0) is 12.7. The highest BCUT2D eigenvalue weighted by atomic mass is 16.5. The summed E-state index contributed by atoms with van der Waals surface area (Å²) in [6.07, 6.45) is 1.09. The van der Waals surface area contributed by atoms with Gasteiger partial charge in [-0.15, -0.1) is 0 Å². The Morgan fingerprint density at radius 2 is 2.06 bits per heavy atom. The average molecular weight is 236 g/mol. The van der Waals surface area contributed by atoms with E-state index in [4.69, 9.17) is 4.74 Å². The summed E-state index contributed by atoms with van der Waals surface area (Å²) in [7, 11) is 5.86. The van der Waals surface area contributed by atoms with E-state index >= 15 is 0 Å². The van der Waals surface area contributed by atoms with Gasteiger partial charge >= 0.3 is 0 Å². The minimum Gasteiger partial charge on any atom is -0.496 e. The summed E-state index contributed by atoms with van der Waals surface area (Å²) in [6, 6.07) is 6.42. The van der Waals surface area contributed by atoms with Crippen LogP contribution in [0.1, 0.15) is 11.1 Å². The van der Waals surface area contributed by atoms with Gasteiger partial charge in [0.25, 0.3) is 0 Å². The minimum atomic E-state index is 0.970. The molecule has 0 aliphatic heterocycles. The Hall–Kier alpha value is -1.06. The van der Waals surface area contributed by atoms with Crippen LogP contribution in [0.3, 0.4) is 0 Å². The molecule has 1 rings (SSSR count). The molecule has 0 saturated heterocycles. The van der Waals surface area contributed by atoms with Crippen molar-refractivity contribution in [3.8, 4) is 5.75 Å². The van der Waals surface area contributed by atoms with Gasteiger partial charge < -0.3 is 15.0 Å². The highest BCUT2D eigenvalue weighted by Gasteiger charge is 2.02. The van der Waals surface area contributed by atoms with Crippen LogP contribution < -0.4 is 10.1 Å². The van der Waals surface area contributed by atoms with E-state index in [-0.39, 0.29) is 0 Å². The Kier molecular flexibility index (Phi) is 6.01. The third kappa shape index (κ3) is 4.75. The van der Waals surface area contributed by atoms with Crippen molar-refractivity contribution < 1.29 is 4.74 Å². The normalized spacial score (nSPS) is 10.9. The number of methoxy groups -OCH3 is 1. The van der Waals surface area contributed by atoms with Crippen LogP contribution >= 0.6 is 0 Å². The maximum atomic E-state index is 5.26. The molecule has 0 aliphatic rings. The van der Waals surface area contributed by atoms with E-state index in [0.717, 1.165) is 31.8 Å². The van der Waals surface area contributed by atoms with E-state index < -0.39 is 0 Å². The summed E-state index contributed by atoms with van der Waals surface area (Å²) in [4.78, 5) is 2.34. The molecule has 0 spiro atoms. The zero-order valence-corrected chi connectivity index (χ0v) is 11.4. The lowest BCUT2D eigenvalue weighted by molar-refractivity contribution is 0.339. The molecule has 1 aromatic rings. The first-order chi connectivity index (χ1) is 8.17. The third-order valence-corrected chi connectivity index (χ3v) is 2.98. The molecule has 0 heterocycles. The van der Waals surface area contributed by atoms with Crippen molar-refractivity contribution >= 4 is 0 Å². The van der Waals surface area contributed by atoms with Gasteiger partial charge in [-0.05, 0) is 44.6 Å². The van der Waals surface area contributed by atoms with Gasteiger partial charge in [0.15, 0.2) is 0 Å². The maximum Gasteiger partial charge on any atom is 0.121 e. The Bertz CT molecular complexity index is 339. The summed E-state index contributed by atoms with van der Waals surface area (Å²) in [5, 5.41) is 3.16. The molecule has 0 aliphatic carbocycles. The average Bonchev–Trinajstić information content (AvgIpc) is 2.34. The van der Waals surface area contributed by atoms with Crippen LogP contribution in [-0.4, -0.2) is 45.7 Å². The summed E-state index contributed by atoms with van der Waals surface area (Å²) in [6.45, 7) is 5.31. The molecular weight excluding hydrogens is 212 g/mol. The van der Waals surface area contributed by atoms with Gasteiger partial charge in [-0.1, -0.05) is 12.1 Å². The second kappa shape index (κ2) is 7.30. The monoisotopic (exact) mass is 236 g/mol. The quantitative estimate of drug-likeness (QED) is 0.780. The van der Waals surface area contributed by atoms with Gasteiger partial charge in [0.2, 0.25) is 0 Å². The number of nitrogens with one attached hydrogen (secondary N) is 1. The van der Waals surface area contributed by atoms with Gasteiger partial charge in [-0.25, -0.2) is 0 Å². The standard InChI is InChI=1S/C14H24N2O/c1-12-11-13(5-6-14(12)17-4)7-9-16(3)10-8-15-2/h5-6,11,15H,7-10H2,1-4H3. The predicted octanol–water partition coefficient (Wildman–Crippen LogP) is 1.70. The molecule has 0 unspecified atom stereocenters. The van der Waals surface area contributed by atoms with Gasteiger partial charge in [-0.3, -0.25) is 0 Å². The third-order valence-electron chi connectivity index (χ3n) is 2.98.